The maximum Gasteiger partial charge on any atom is 0.205 e. The van der Waals surface area contributed by atoms with Gasteiger partial charge in [0, 0.05) is 37.6 Å². The molecule has 0 aromatic carbocycles. The second kappa shape index (κ2) is 4.23. The third-order valence-electron chi connectivity index (χ3n) is 2.56. The molecule has 1 aliphatic heterocycles. The van der Waals surface area contributed by atoms with Gasteiger partial charge in [0.1, 0.15) is 5.82 Å². The van der Waals surface area contributed by atoms with Crippen LogP contribution in [-0.4, -0.2) is 35.0 Å². The number of likely N-dealkylation sites (N-methyl/N-ethyl adjacent to an activating group) is 1. The van der Waals surface area contributed by atoms with Crippen LogP contribution in [-0.2, 0) is 6.42 Å². The molecule has 1 aromatic rings. The summed E-state index contributed by atoms with van der Waals surface area (Å²) in [5, 5.41) is 4.36. The Bertz CT molecular complexity index is 295. The molecule has 78 valence electrons. The number of anilines is 1. The third-order valence-corrected chi connectivity index (χ3v) is 3.35. The van der Waals surface area contributed by atoms with E-state index >= 15 is 0 Å². The van der Waals surface area contributed by atoms with Gasteiger partial charge in [0.05, 0.1) is 6.04 Å². The summed E-state index contributed by atoms with van der Waals surface area (Å²) >= 11 is 1.52. The predicted molar refractivity (Wildman–Crippen MR) is 59.0 cm³/mol. The molecule has 0 atom stereocenters. The van der Waals surface area contributed by atoms with Gasteiger partial charge in [0.25, 0.3) is 0 Å². The van der Waals surface area contributed by atoms with Gasteiger partial charge in [0.15, 0.2) is 0 Å². The van der Waals surface area contributed by atoms with Crippen LogP contribution in [0.2, 0.25) is 0 Å². The molecule has 1 aromatic heterocycles. The summed E-state index contributed by atoms with van der Waals surface area (Å²) in [5.41, 5.74) is 0. The number of nitrogens with zero attached hydrogens (tertiary/aromatic N) is 3. The molecule has 5 heteroatoms. The Kier molecular flexibility index (Phi) is 2.98. The van der Waals surface area contributed by atoms with Crippen molar-refractivity contribution in [3.8, 4) is 0 Å². The van der Waals surface area contributed by atoms with Crippen LogP contribution >= 0.6 is 11.5 Å². The van der Waals surface area contributed by atoms with Gasteiger partial charge in [-0.15, -0.1) is 0 Å². The van der Waals surface area contributed by atoms with Crippen LogP contribution in [0.1, 0.15) is 19.7 Å². The summed E-state index contributed by atoms with van der Waals surface area (Å²) < 4.78 is 4.31. The molecule has 0 amide bonds. The average Bonchev–Trinajstić information content (AvgIpc) is 2.58. The Hall–Kier alpha value is -0.680. The van der Waals surface area contributed by atoms with E-state index in [1.807, 2.05) is 0 Å². The second-order valence-corrected chi connectivity index (χ2v) is 4.18. The molecule has 0 spiro atoms. The molecule has 14 heavy (non-hydrogen) atoms. The van der Waals surface area contributed by atoms with Crippen molar-refractivity contribution in [1.29, 1.82) is 0 Å². The van der Waals surface area contributed by atoms with E-state index in [4.69, 9.17) is 0 Å². The fourth-order valence-electron chi connectivity index (χ4n) is 1.55. The zero-order valence-corrected chi connectivity index (χ0v) is 9.47. The van der Waals surface area contributed by atoms with Crippen LogP contribution in [0, 0.1) is 0 Å². The molecular weight excluding hydrogens is 196 g/mol. The summed E-state index contributed by atoms with van der Waals surface area (Å²) in [7, 11) is 0. The van der Waals surface area contributed by atoms with E-state index in [-0.39, 0.29) is 0 Å². The van der Waals surface area contributed by atoms with E-state index in [1.54, 1.807) is 0 Å². The molecule has 1 aliphatic rings. The molecule has 0 aliphatic carbocycles. The van der Waals surface area contributed by atoms with Crippen molar-refractivity contribution >= 4 is 16.7 Å². The molecule has 0 unspecified atom stereocenters. The molecule has 1 saturated heterocycles. The first-order chi connectivity index (χ1) is 6.85. The molecule has 2 rings (SSSR count). The molecule has 0 bridgehead atoms. The highest BCUT2D eigenvalue weighted by molar-refractivity contribution is 7.09. The highest BCUT2D eigenvalue weighted by Gasteiger charge is 2.25. The van der Waals surface area contributed by atoms with Gasteiger partial charge >= 0.3 is 0 Å². The maximum atomic E-state index is 4.51. The number of hydrogen-bond donors (Lipinski definition) is 1. The van der Waals surface area contributed by atoms with Gasteiger partial charge < -0.3 is 10.2 Å². The molecule has 1 fully saturated rings. The highest BCUT2D eigenvalue weighted by atomic mass is 32.1. The van der Waals surface area contributed by atoms with Crippen LogP contribution in [0.3, 0.4) is 0 Å². The van der Waals surface area contributed by atoms with Gasteiger partial charge in [-0.1, -0.05) is 6.92 Å². The monoisotopic (exact) mass is 212 g/mol. The summed E-state index contributed by atoms with van der Waals surface area (Å²) in [6.07, 6.45) is 0.928. The lowest BCUT2D eigenvalue weighted by Gasteiger charge is -2.37. The number of hydrogen-bond acceptors (Lipinski definition) is 5. The lowest BCUT2D eigenvalue weighted by Crippen LogP contribution is -2.57. The molecule has 0 radical (unpaired) electrons. The van der Waals surface area contributed by atoms with Crippen LogP contribution < -0.4 is 10.2 Å². The van der Waals surface area contributed by atoms with E-state index in [1.165, 1.54) is 11.5 Å². The first-order valence-electron chi connectivity index (χ1n) is 5.15. The molecule has 2 heterocycles. The zero-order valence-electron chi connectivity index (χ0n) is 8.66. The Balaban J connectivity index is 2.09. The SMILES string of the molecule is CCc1nsc(N(CC)C2CNC2)n1. The Morgan fingerprint density at radius 3 is 2.71 bits per heavy atom. The largest absolute Gasteiger partial charge is 0.342 e. The second-order valence-electron chi connectivity index (χ2n) is 3.44. The minimum atomic E-state index is 0.623. The summed E-state index contributed by atoms with van der Waals surface area (Å²) in [5.74, 6) is 0.968. The predicted octanol–water partition coefficient (Wildman–Crippen LogP) is 0.899. The van der Waals surface area contributed by atoms with E-state index in [2.05, 4.69) is 33.4 Å². The van der Waals surface area contributed by atoms with Gasteiger partial charge in [-0.25, -0.2) is 4.98 Å². The minimum Gasteiger partial charge on any atom is -0.342 e. The number of aryl methyl sites for hydroxylation is 1. The Labute approximate surface area is 88.5 Å². The Morgan fingerprint density at radius 2 is 2.29 bits per heavy atom. The van der Waals surface area contributed by atoms with Gasteiger partial charge in [-0.3, -0.25) is 0 Å². The zero-order chi connectivity index (χ0) is 9.97. The van der Waals surface area contributed by atoms with Crippen molar-refractivity contribution in [2.75, 3.05) is 24.5 Å². The first kappa shape index (κ1) is 9.86. The molecule has 0 saturated carbocycles. The lowest BCUT2D eigenvalue weighted by atomic mass is 10.1. The van der Waals surface area contributed by atoms with Crippen LogP contribution in [0.4, 0.5) is 5.13 Å². The van der Waals surface area contributed by atoms with Gasteiger partial charge in [-0.2, -0.15) is 4.37 Å². The van der Waals surface area contributed by atoms with Crippen molar-refractivity contribution < 1.29 is 0 Å². The van der Waals surface area contributed by atoms with Crippen molar-refractivity contribution in [3.63, 3.8) is 0 Å². The van der Waals surface area contributed by atoms with Crippen molar-refractivity contribution in [3.05, 3.63) is 5.82 Å². The number of aromatic nitrogens is 2. The van der Waals surface area contributed by atoms with E-state index in [0.717, 1.165) is 37.0 Å². The Morgan fingerprint density at radius 1 is 1.50 bits per heavy atom. The van der Waals surface area contributed by atoms with Crippen molar-refractivity contribution in [1.82, 2.24) is 14.7 Å². The normalized spacial score (nSPS) is 16.7. The molecular formula is C9H16N4S. The smallest absolute Gasteiger partial charge is 0.205 e. The molecule has 1 N–H and O–H groups in total. The standard InChI is InChI=1S/C9H16N4S/c1-3-8-11-9(14-12-8)13(4-2)7-5-10-6-7/h7,10H,3-6H2,1-2H3. The quantitative estimate of drug-likeness (QED) is 0.805. The fraction of sp³-hybridized carbons (Fsp3) is 0.778. The highest BCUT2D eigenvalue weighted by Crippen LogP contribution is 2.21. The minimum absolute atomic E-state index is 0.623. The van der Waals surface area contributed by atoms with E-state index in [9.17, 15) is 0 Å². The van der Waals surface area contributed by atoms with Crippen LogP contribution in [0.5, 0.6) is 0 Å². The van der Waals surface area contributed by atoms with Gasteiger partial charge in [-0.05, 0) is 6.92 Å². The van der Waals surface area contributed by atoms with Crippen molar-refractivity contribution in [2.45, 2.75) is 26.3 Å². The van der Waals surface area contributed by atoms with E-state index < -0.39 is 0 Å². The molecule has 4 nitrogen and oxygen atoms in total. The average molecular weight is 212 g/mol. The summed E-state index contributed by atoms with van der Waals surface area (Å²) in [6.45, 7) is 7.44. The summed E-state index contributed by atoms with van der Waals surface area (Å²) in [6, 6.07) is 0.623. The summed E-state index contributed by atoms with van der Waals surface area (Å²) in [4.78, 5) is 6.85. The number of rotatable bonds is 4. The first-order valence-corrected chi connectivity index (χ1v) is 5.92. The van der Waals surface area contributed by atoms with Gasteiger partial charge in [0.2, 0.25) is 5.13 Å². The third kappa shape index (κ3) is 1.74. The van der Waals surface area contributed by atoms with Crippen LogP contribution in [0.15, 0.2) is 0 Å². The fourth-order valence-corrected chi connectivity index (χ4v) is 2.43. The van der Waals surface area contributed by atoms with Crippen molar-refractivity contribution in [2.24, 2.45) is 0 Å². The lowest BCUT2D eigenvalue weighted by molar-refractivity contribution is 0.417. The van der Waals surface area contributed by atoms with E-state index in [0.29, 0.717) is 6.04 Å². The maximum absolute atomic E-state index is 4.51. The topological polar surface area (TPSA) is 41.1 Å². The number of nitrogens with one attached hydrogen (secondary N) is 1. The van der Waals surface area contributed by atoms with Crippen LogP contribution in [0.25, 0.3) is 0 Å².